The molecule has 0 radical (unpaired) electrons. The second-order valence-electron chi connectivity index (χ2n) is 6.92. The van der Waals surface area contributed by atoms with Crippen LogP contribution in [0.25, 0.3) is 0 Å². The number of nitrogens with one attached hydrogen (secondary N) is 1. The van der Waals surface area contributed by atoms with E-state index in [0.717, 1.165) is 11.3 Å². The Morgan fingerprint density at radius 1 is 1.07 bits per heavy atom. The smallest absolute Gasteiger partial charge is 0.325 e. The first-order chi connectivity index (χ1) is 13.4. The molecule has 28 heavy (non-hydrogen) atoms. The zero-order valence-corrected chi connectivity index (χ0v) is 16.9. The molecule has 1 saturated heterocycles. The Morgan fingerprint density at radius 2 is 1.79 bits per heavy atom. The van der Waals surface area contributed by atoms with Crippen LogP contribution in [0.15, 0.2) is 42.5 Å². The van der Waals surface area contributed by atoms with E-state index < -0.39 is 11.6 Å². The van der Waals surface area contributed by atoms with Crippen LogP contribution < -0.4 is 14.8 Å². The summed E-state index contributed by atoms with van der Waals surface area (Å²) in [5.74, 6) is 1.05. The predicted octanol–water partition coefficient (Wildman–Crippen LogP) is 3.80. The molecular formula is C21H23ClN2O4. The highest BCUT2D eigenvalue weighted by atomic mass is 35.5. The lowest BCUT2D eigenvalue weighted by atomic mass is 9.93. The molecule has 0 spiro atoms. The number of ether oxygens (including phenoxy) is 2. The first-order valence-electron chi connectivity index (χ1n) is 8.96. The number of rotatable bonds is 7. The molecule has 0 bridgehead atoms. The Morgan fingerprint density at radius 3 is 2.43 bits per heavy atom. The fraction of sp³-hybridized carbons (Fsp3) is 0.333. The summed E-state index contributed by atoms with van der Waals surface area (Å²) in [7, 11) is 3.14. The molecule has 148 valence electrons. The molecule has 0 saturated carbocycles. The Balaban J connectivity index is 1.73. The lowest BCUT2D eigenvalue weighted by molar-refractivity contribution is -0.131. The molecule has 1 N–H and O–H groups in total. The number of benzene rings is 2. The van der Waals surface area contributed by atoms with Gasteiger partial charge in [-0.15, -0.1) is 0 Å². The van der Waals surface area contributed by atoms with E-state index in [2.05, 4.69) is 5.32 Å². The van der Waals surface area contributed by atoms with Gasteiger partial charge in [0, 0.05) is 10.6 Å². The number of halogens is 1. The van der Waals surface area contributed by atoms with Crippen molar-refractivity contribution in [1.29, 1.82) is 0 Å². The van der Waals surface area contributed by atoms with Gasteiger partial charge < -0.3 is 14.8 Å². The van der Waals surface area contributed by atoms with E-state index >= 15 is 0 Å². The van der Waals surface area contributed by atoms with Gasteiger partial charge >= 0.3 is 6.03 Å². The van der Waals surface area contributed by atoms with Crippen molar-refractivity contribution in [2.24, 2.45) is 0 Å². The van der Waals surface area contributed by atoms with E-state index in [1.54, 1.807) is 32.2 Å². The largest absolute Gasteiger partial charge is 0.497 e. The third-order valence-corrected chi connectivity index (χ3v) is 5.38. The van der Waals surface area contributed by atoms with Crippen LogP contribution >= 0.6 is 11.6 Å². The standard InChI is InChI=1S/C21H23ClN2O4/c1-21(12-11-14-7-9-15(27-2)10-8-14)19(25)24(20(26)23-21)13-16-17(22)5-4-6-18(16)28-3/h4-10H,11-13H2,1-3H3,(H,23,26)/t21-/m1/s1. The minimum Gasteiger partial charge on any atom is -0.497 e. The molecular weight excluding hydrogens is 380 g/mol. The van der Waals surface area contributed by atoms with E-state index in [-0.39, 0.29) is 12.5 Å². The van der Waals surface area contributed by atoms with Gasteiger partial charge in [0.15, 0.2) is 0 Å². The minimum atomic E-state index is -0.967. The van der Waals surface area contributed by atoms with Crippen LogP contribution in [0.5, 0.6) is 11.5 Å². The van der Waals surface area contributed by atoms with Crippen LogP contribution in [0.4, 0.5) is 4.79 Å². The molecule has 0 unspecified atom stereocenters. The van der Waals surface area contributed by atoms with Gasteiger partial charge in [0.25, 0.3) is 5.91 Å². The Labute approximate surface area is 169 Å². The van der Waals surface area contributed by atoms with E-state index in [4.69, 9.17) is 21.1 Å². The number of aryl methyl sites for hydroxylation is 1. The lowest BCUT2D eigenvalue weighted by Crippen LogP contribution is -2.44. The fourth-order valence-corrected chi connectivity index (χ4v) is 3.51. The van der Waals surface area contributed by atoms with Crippen molar-refractivity contribution in [2.75, 3.05) is 14.2 Å². The Bertz CT molecular complexity index is 884. The average Bonchev–Trinajstić information content (AvgIpc) is 2.91. The average molecular weight is 403 g/mol. The van der Waals surface area contributed by atoms with Crippen LogP contribution in [-0.4, -0.2) is 36.6 Å². The summed E-state index contributed by atoms with van der Waals surface area (Å²) in [6.07, 6.45) is 1.13. The maximum atomic E-state index is 13.0. The molecule has 1 fully saturated rings. The summed E-state index contributed by atoms with van der Waals surface area (Å²) < 4.78 is 10.5. The number of urea groups is 1. The van der Waals surface area contributed by atoms with E-state index in [0.29, 0.717) is 29.2 Å². The number of nitrogens with zero attached hydrogens (tertiary/aromatic N) is 1. The Kier molecular flexibility index (Phi) is 5.79. The summed E-state index contributed by atoms with van der Waals surface area (Å²) in [5.41, 5.74) is 0.704. The highest BCUT2D eigenvalue weighted by molar-refractivity contribution is 6.31. The molecule has 1 heterocycles. The van der Waals surface area contributed by atoms with Gasteiger partial charge in [-0.05, 0) is 49.6 Å². The van der Waals surface area contributed by atoms with Gasteiger partial charge in [-0.1, -0.05) is 29.8 Å². The number of hydrogen-bond acceptors (Lipinski definition) is 4. The van der Waals surface area contributed by atoms with Crippen molar-refractivity contribution in [1.82, 2.24) is 10.2 Å². The highest BCUT2D eigenvalue weighted by Gasteiger charge is 2.47. The number of methoxy groups -OCH3 is 2. The van der Waals surface area contributed by atoms with Crippen LogP contribution in [-0.2, 0) is 17.8 Å². The third-order valence-electron chi connectivity index (χ3n) is 5.03. The van der Waals surface area contributed by atoms with Crippen molar-refractivity contribution in [3.63, 3.8) is 0 Å². The zero-order chi connectivity index (χ0) is 20.3. The van der Waals surface area contributed by atoms with Crippen molar-refractivity contribution < 1.29 is 19.1 Å². The minimum absolute atomic E-state index is 0.0611. The molecule has 1 aliphatic rings. The first kappa shape index (κ1) is 20.0. The fourth-order valence-electron chi connectivity index (χ4n) is 3.29. The predicted molar refractivity (Wildman–Crippen MR) is 107 cm³/mol. The normalized spacial score (nSPS) is 18.9. The van der Waals surface area contributed by atoms with Gasteiger partial charge in [0.2, 0.25) is 0 Å². The summed E-state index contributed by atoms with van der Waals surface area (Å²) >= 11 is 6.26. The molecule has 7 heteroatoms. The van der Waals surface area contributed by atoms with E-state index in [1.165, 1.54) is 12.0 Å². The molecule has 0 aromatic heterocycles. The van der Waals surface area contributed by atoms with Crippen LogP contribution in [0.3, 0.4) is 0 Å². The molecule has 2 aromatic carbocycles. The monoisotopic (exact) mass is 402 g/mol. The quantitative estimate of drug-likeness (QED) is 0.715. The van der Waals surface area contributed by atoms with Gasteiger partial charge in [-0.2, -0.15) is 0 Å². The zero-order valence-electron chi connectivity index (χ0n) is 16.1. The number of hydrogen-bond donors (Lipinski definition) is 1. The van der Waals surface area contributed by atoms with Crippen molar-refractivity contribution in [3.8, 4) is 11.5 Å². The van der Waals surface area contributed by atoms with Crippen LogP contribution in [0.2, 0.25) is 5.02 Å². The van der Waals surface area contributed by atoms with Crippen LogP contribution in [0, 0.1) is 0 Å². The molecule has 2 aromatic rings. The number of imide groups is 1. The number of carbonyl (C=O) groups is 2. The molecule has 3 rings (SSSR count). The molecule has 1 aliphatic heterocycles. The first-order valence-corrected chi connectivity index (χ1v) is 9.34. The lowest BCUT2D eigenvalue weighted by Gasteiger charge is -2.22. The number of amides is 3. The molecule has 3 amide bonds. The summed E-state index contributed by atoms with van der Waals surface area (Å²) in [6.45, 7) is 1.81. The Hall–Kier alpha value is -2.73. The topological polar surface area (TPSA) is 67.9 Å². The third kappa shape index (κ3) is 3.92. The van der Waals surface area contributed by atoms with Gasteiger partial charge in [-0.25, -0.2) is 4.79 Å². The van der Waals surface area contributed by atoms with Crippen molar-refractivity contribution in [3.05, 3.63) is 58.6 Å². The highest BCUT2D eigenvalue weighted by Crippen LogP contribution is 2.31. The second-order valence-corrected chi connectivity index (χ2v) is 7.33. The van der Waals surface area contributed by atoms with Crippen LogP contribution in [0.1, 0.15) is 24.5 Å². The van der Waals surface area contributed by atoms with Crippen molar-refractivity contribution in [2.45, 2.75) is 31.8 Å². The SMILES string of the molecule is COc1ccc(CC[C@@]2(C)NC(=O)N(Cc3c(Cl)cccc3OC)C2=O)cc1. The molecule has 6 nitrogen and oxygen atoms in total. The maximum Gasteiger partial charge on any atom is 0.325 e. The van der Waals surface area contributed by atoms with Gasteiger partial charge in [-0.3, -0.25) is 9.69 Å². The molecule has 1 atom stereocenters. The van der Waals surface area contributed by atoms with Gasteiger partial charge in [0.1, 0.15) is 17.0 Å². The summed E-state index contributed by atoms with van der Waals surface area (Å²) in [6, 6.07) is 12.5. The second kappa shape index (κ2) is 8.10. The summed E-state index contributed by atoms with van der Waals surface area (Å²) in [5, 5.41) is 3.28. The maximum absolute atomic E-state index is 13.0. The van der Waals surface area contributed by atoms with E-state index in [1.807, 2.05) is 24.3 Å². The van der Waals surface area contributed by atoms with E-state index in [9.17, 15) is 9.59 Å². The van der Waals surface area contributed by atoms with Crippen molar-refractivity contribution >= 4 is 23.5 Å². The summed E-state index contributed by atoms with van der Waals surface area (Å²) in [4.78, 5) is 26.7. The van der Waals surface area contributed by atoms with Gasteiger partial charge in [0.05, 0.1) is 20.8 Å². The molecule has 0 aliphatic carbocycles. The number of carbonyl (C=O) groups excluding carboxylic acids is 2.